The Hall–Kier alpha value is -2.05. The SMILES string of the molecule is Cn1ccc(CCNC(=O)N(CCC(=O)O)C(C)(C)C)n1. The molecule has 2 N–H and O–H groups in total. The van der Waals surface area contributed by atoms with Gasteiger partial charge < -0.3 is 15.3 Å². The van der Waals surface area contributed by atoms with Crippen LogP contribution in [-0.4, -0.2) is 50.4 Å². The van der Waals surface area contributed by atoms with Gasteiger partial charge in [-0.1, -0.05) is 0 Å². The third-order valence-corrected chi connectivity index (χ3v) is 3.03. The number of carboxylic acids is 1. The van der Waals surface area contributed by atoms with Crippen LogP contribution in [0.2, 0.25) is 0 Å². The van der Waals surface area contributed by atoms with Crippen molar-refractivity contribution in [3.05, 3.63) is 18.0 Å². The van der Waals surface area contributed by atoms with E-state index in [0.717, 1.165) is 5.69 Å². The number of nitrogens with zero attached hydrogens (tertiary/aromatic N) is 3. The van der Waals surface area contributed by atoms with Gasteiger partial charge >= 0.3 is 12.0 Å². The van der Waals surface area contributed by atoms with E-state index in [-0.39, 0.29) is 19.0 Å². The maximum Gasteiger partial charge on any atom is 0.317 e. The molecule has 0 saturated carbocycles. The van der Waals surface area contributed by atoms with E-state index in [4.69, 9.17) is 5.11 Å². The summed E-state index contributed by atoms with van der Waals surface area (Å²) in [5.74, 6) is -0.912. The van der Waals surface area contributed by atoms with Crippen molar-refractivity contribution < 1.29 is 14.7 Å². The van der Waals surface area contributed by atoms with E-state index in [0.29, 0.717) is 13.0 Å². The fourth-order valence-corrected chi connectivity index (χ4v) is 1.94. The molecule has 0 radical (unpaired) electrons. The monoisotopic (exact) mass is 296 g/mol. The van der Waals surface area contributed by atoms with E-state index in [1.54, 1.807) is 9.58 Å². The lowest BCUT2D eigenvalue weighted by atomic mass is 10.1. The second kappa shape index (κ2) is 7.10. The lowest BCUT2D eigenvalue weighted by Crippen LogP contribution is -2.51. The number of aliphatic carboxylic acids is 1. The molecule has 1 rings (SSSR count). The van der Waals surface area contributed by atoms with Gasteiger partial charge in [-0.05, 0) is 26.8 Å². The van der Waals surface area contributed by atoms with Gasteiger partial charge in [-0.15, -0.1) is 0 Å². The van der Waals surface area contributed by atoms with Crippen molar-refractivity contribution >= 4 is 12.0 Å². The first-order valence-corrected chi connectivity index (χ1v) is 6.96. The van der Waals surface area contributed by atoms with Crippen LogP contribution in [0.1, 0.15) is 32.9 Å². The molecule has 118 valence electrons. The predicted molar refractivity (Wildman–Crippen MR) is 79.0 cm³/mol. The zero-order valence-electron chi connectivity index (χ0n) is 13.1. The van der Waals surface area contributed by atoms with E-state index in [1.165, 1.54) is 0 Å². The average molecular weight is 296 g/mol. The van der Waals surface area contributed by atoms with Crippen LogP contribution in [0.25, 0.3) is 0 Å². The Morgan fingerprint density at radius 1 is 1.43 bits per heavy atom. The molecule has 0 atom stereocenters. The van der Waals surface area contributed by atoms with Crippen LogP contribution in [0.15, 0.2) is 12.3 Å². The highest BCUT2D eigenvalue weighted by Crippen LogP contribution is 2.13. The number of aryl methyl sites for hydroxylation is 1. The summed E-state index contributed by atoms with van der Waals surface area (Å²) in [5.41, 5.74) is 0.482. The zero-order chi connectivity index (χ0) is 16.0. The third kappa shape index (κ3) is 5.85. The van der Waals surface area contributed by atoms with Gasteiger partial charge in [-0.25, -0.2) is 4.79 Å². The third-order valence-electron chi connectivity index (χ3n) is 3.03. The predicted octanol–water partition coefficient (Wildman–Crippen LogP) is 1.25. The van der Waals surface area contributed by atoms with Crippen LogP contribution in [0.3, 0.4) is 0 Å². The minimum Gasteiger partial charge on any atom is -0.481 e. The number of rotatable bonds is 6. The van der Waals surface area contributed by atoms with Gasteiger partial charge in [0.1, 0.15) is 0 Å². The Morgan fingerprint density at radius 2 is 2.10 bits per heavy atom. The normalized spacial score (nSPS) is 11.2. The van der Waals surface area contributed by atoms with Gasteiger partial charge in [-0.3, -0.25) is 9.48 Å². The molecule has 1 heterocycles. The van der Waals surface area contributed by atoms with Crippen molar-refractivity contribution in [2.24, 2.45) is 7.05 Å². The summed E-state index contributed by atoms with van der Waals surface area (Å²) in [7, 11) is 1.84. The topological polar surface area (TPSA) is 87.5 Å². The van der Waals surface area contributed by atoms with Gasteiger partial charge in [-0.2, -0.15) is 5.10 Å². The fraction of sp³-hybridized carbons (Fsp3) is 0.643. The maximum absolute atomic E-state index is 12.2. The molecule has 7 nitrogen and oxygen atoms in total. The molecule has 0 bridgehead atoms. The van der Waals surface area contributed by atoms with Crippen LogP contribution >= 0.6 is 0 Å². The lowest BCUT2D eigenvalue weighted by molar-refractivity contribution is -0.137. The molecular formula is C14H24N4O3. The van der Waals surface area contributed by atoms with E-state index in [2.05, 4.69) is 10.4 Å². The van der Waals surface area contributed by atoms with E-state index in [1.807, 2.05) is 40.1 Å². The molecule has 1 aromatic rings. The number of nitrogens with one attached hydrogen (secondary N) is 1. The van der Waals surface area contributed by atoms with Gasteiger partial charge in [0, 0.05) is 38.3 Å². The molecule has 0 aromatic carbocycles. The molecule has 2 amide bonds. The Morgan fingerprint density at radius 3 is 2.57 bits per heavy atom. The standard InChI is InChI=1S/C14H24N4O3/c1-14(2,3)18(10-7-12(19)20)13(21)15-8-5-11-6-9-17(4)16-11/h6,9H,5,7-8,10H2,1-4H3,(H,15,21)(H,19,20). The Balaban J connectivity index is 2.50. The van der Waals surface area contributed by atoms with E-state index < -0.39 is 11.5 Å². The minimum absolute atomic E-state index is 0.0646. The molecule has 0 fully saturated rings. The van der Waals surface area contributed by atoms with E-state index in [9.17, 15) is 9.59 Å². The van der Waals surface area contributed by atoms with Crippen molar-refractivity contribution in [2.45, 2.75) is 39.2 Å². The van der Waals surface area contributed by atoms with Crippen LogP contribution in [-0.2, 0) is 18.3 Å². The number of carboxylic acid groups (broad SMARTS) is 1. The minimum atomic E-state index is -0.912. The molecule has 21 heavy (non-hydrogen) atoms. The van der Waals surface area contributed by atoms with Gasteiger partial charge in [0.05, 0.1) is 12.1 Å². The second-order valence-corrected chi connectivity index (χ2v) is 5.93. The summed E-state index contributed by atoms with van der Waals surface area (Å²) in [6.07, 6.45) is 2.43. The number of urea groups is 1. The largest absolute Gasteiger partial charge is 0.481 e. The summed E-state index contributed by atoms with van der Waals surface area (Å²) in [5, 5.41) is 15.8. The first-order valence-electron chi connectivity index (χ1n) is 6.96. The molecule has 1 aromatic heterocycles. The van der Waals surface area contributed by atoms with Gasteiger partial charge in [0.25, 0.3) is 0 Å². The maximum atomic E-state index is 12.2. The summed E-state index contributed by atoms with van der Waals surface area (Å²) >= 11 is 0. The number of aromatic nitrogens is 2. The van der Waals surface area contributed by atoms with Crippen molar-refractivity contribution in [3.8, 4) is 0 Å². The lowest BCUT2D eigenvalue weighted by Gasteiger charge is -2.35. The Kier molecular flexibility index (Phi) is 5.75. The van der Waals surface area contributed by atoms with Crippen molar-refractivity contribution in [1.82, 2.24) is 20.0 Å². The molecular weight excluding hydrogens is 272 g/mol. The highest BCUT2D eigenvalue weighted by Gasteiger charge is 2.26. The average Bonchev–Trinajstić information content (AvgIpc) is 2.73. The summed E-state index contributed by atoms with van der Waals surface area (Å²) < 4.78 is 1.71. The quantitative estimate of drug-likeness (QED) is 0.827. The van der Waals surface area contributed by atoms with Crippen molar-refractivity contribution in [2.75, 3.05) is 13.1 Å². The van der Waals surface area contributed by atoms with Crippen LogP contribution in [0.5, 0.6) is 0 Å². The fourth-order valence-electron chi connectivity index (χ4n) is 1.94. The number of hydrogen-bond donors (Lipinski definition) is 2. The number of carbonyl (C=O) groups is 2. The number of carbonyl (C=O) groups excluding carboxylic acids is 1. The molecule has 0 unspecified atom stereocenters. The summed E-state index contributed by atoms with van der Waals surface area (Å²) in [4.78, 5) is 24.4. The van der Waals surface area contributed by atoms with Crippen molar-refractivity contribution in [1.29, 1.82) is 0 Å². The molecule has 0 aliphatic carbocycles. The highest BCUT2D eigenvalue weighted by molar-refractivity contribution is 5.76. The second-order valence-electron chi connectivity index (χ2n) is 5.93. The Bertz CT molecular complexity index is 491. The Labute approximate surface area is 124 Å². The molecule has 7 heteroatoms. The zero-order valence-corrected chi connectivity index (χ0v) is 13.1. The summed E-state index contributed by atoms with van der Waals surface area (Å²) in [6.45, 7) is 6.30. The first kappa shape index (κ1) is 17.0. The van der Waals surface area contributed by atoms with Gasteiger partial charge in [0.15, 0.2) is 0 Å². The molecule has 0 aliphatic heterocycles. The van der Waals surface area contributed by atoms with Crippen LogP contribution < -0.4 is 5.32 Å². The molecule has 0 saturated heterocycles. The number of amides is 2. The molecule has 0 aliphatic rings. The first-order chi connectivity index (χ1) is 9.70. The summed E-state index contributed by atoms with van der Waals surface area (Å²) in [6, 6.07) is 1.65. The van der Waals surface area contributed by atoms with Crippen molar-refractivity contribution in [3.63, 3.8) is 0 Å². The van der Waals surface area contributed by atoms with E-state index >= 15 is 0 Å². The van der Waals surface area contributed by atoms with Gasteiger partial charge in [0.2, 0.25) is 0 Å². The van der Waals surface area contributed by atoms with Crippen LogP contribution in [0.4, 0.5) is 4.79 Å². The highest BCUT2D eigenvalue weighted by atomic mass is 16.4. The smallest absolute Gasteiger partial charge is 0.317 e. The van der Waals surface area contributed by atoms with Crippen LogP contribution in [0, 0.1) is 0 Å². The molecule has 0 spiro atoms. The number of hydrogen-bond acceptors (Lipinski definition) is 3.